The molecule has 4 nitrogen and oxygen atoms in total. The van der Waals surface area contributed by atoms with E-state index in [2.05, 4.69) is 14.4 Å². The number of nitrogens with zero attached hydrogens (tertiary/aromatic N) is 2. The lowest BCUT2D eigenvalue weighted by Gasteiger charge is -2.14. The van der Waals surface area contributed by atoms with Gasteiger partial charge in [0.05, 0.1) is 5.59 Å². The van der Waals surface area contributed by atoms with Gasteiger partial charge in [-0.3, -0.25) is 4.68 Å². The fourth-order valence-corrected chi connectivity index (χ4v) is 1.33. The molecule has 19 heavy (non-hydrogen) atoms. The Bertz CT molecular complexity index is 458. The molecule has 0 bridgehead atoms. The van der Waals surface area contributed by atoms with E-state index in [9.17, 15) is 30.7 Å². The SMILES string of the molecule is FC(F)(F)Cn1ccc(B2OC(F)(F)C(F)(F)O2)n1. The third kappa shape index (κ3) is 2.83. The van der Waals surface area contributed by atoms with E-state index in [0.717, 1.165) is 12.3 Å². The highest BCUT2D eigenvalue weighted by molar-refractivity contribution is 6.60. The molecule has 1 aromatic heterocycles. The molecule has 12 heteroatoms. The van der Waals surface area contributed by atoms with Crippen molar-refractivity contribution in [2.24, 2.45) is 0 Å². The summed E-state index contributed by atoms with van der Waals surface area (Å²) in [5.74, 6) is 0. The van der Waals surface area contributed by atoms with Gasteiger partial charge in [0.2, 0.25) is 0 Å². The fourth-order valence-electron chi connectivity index (χ4n) is 1.33. The molecule has 0 saturated carbocycles. The van der Waals surface area contributed by atoms with Crippen molar-refractivity contribution in [3.05, 3.63) is 12.3 Å². The van der Waals surface area contributed by atoms with E-state index in [1.165, 1.54) is 0 Å². The molecule has 0 atom stereocenters. The number of hydrogen-bond donors (Lipinski definition) is 0. The Morgan fingerprint density at radius 3 is 2.16 bits per heavy atom. The van der Waals surface area contributed by atoms with E-state index < -0.39 is 37.6 Å². The van der Waals surface area contributed by atoms with Crippen LogP contribution in [0.15, 0.2) is 12.3 Å². The maximum absolute atomic E-state index is 12.6. The van der Waals surface area contributed by atoms with Gasteiger partial charge in [0, 0.05) is 6.20 Å². The fraction of sp³-hybridized carbons (Fsp3) is 0.571. The molecule has 2 rings (SSSR count). The van der Waals surface area contributed by atoms with E-state index in [-0.39, 0.29) is 0 Å². The molecular weight excluding hydrogens is 288 g/mol. The largest absolute Gasteiger partial charge is 0.524 e. The molecule has 1 saturated heterocycles. The van der Waals surface area contributed by atoms with Crippen LogP contribution in [0.25, 0.3) is 0 Å². The molecule has 0 N–H and O–H groups in total. The Labute approximate surface area is 101 Å². The second kappa shape index (κ2) is 4.10. The monoisotopic (exact) mass is 292 g/mol. The summed E-state index contributed by atoms with van der Waals surface area (Å²) in [6.07, 6.45) is -13.5. The molecule has 2 heterocycles. The summed E-state index contributed by atoms with van der Waals surface area (Å²) in [4.78, 5) is 0. The predicted octanol–water partition coefficient (Wildman–Crippen LogP) is 1.37. The third-order valence-electron chi connectivity index (χ3n) is 2.09. The van der Waals surface area contributed by atoms with Crippen molar-refractivity contribution in [1.82, 2.24) is 9.78 Å². The summed E-state index contributed by atoms with van der Waals surface area (Å²) in [5, 5.41) is 3.19. The van der Waals surface area contributed by atoms with Gasteiger partial charge in [-0.05, 0) is 6.07 Å². The van der Waals surface area contributed by atoms with Gasteiger partial charge in [0.1, 0.15) is 6.54 Å². The minimum atomic E-state index is -4.87. The maximum Gasteiger partial charge on any atom is 0.524 e. The van der Waals surface area contributed by atoms with Crippen LogP contribution < -0.4 is 5.59 Å². The minimum Gasteiger partial charge on any atom is -0.341 e. The van der Waals surface area contributed by atoms with Crippen LogP contribution in [0.1, 0.15) is 0 Å². The van der Waals surface area contributed by atoms with Crippen molar-refractivity contribution in [1.29, 1.82) is 0 Å². The number of rotatable bonds is 2. The molecule has 106 valence electrons. The number of halogens is 7. The molecular formula is C7H4BF7N2O2. The highest BCUT2D eigenvalue weighted by atomic mass is 19.4. The van der Waals surface area contributed by atoms with Gasteiger partial charge in [-0.2, -0.15) is 35.8 Å². The lowest BCUT2D eigenvalue weighted by atomic mass is 9.86. The molecule has 1 aliphatic rings. The van der Waals surface area contributed by atoms with Gasteiger partial charge >= 0.3 is 25.5 Å². The Kier molecular flexibility index (Phi) is 3.05. The highest BCUT2D eigenvalue weighted by Crippen LogP contribution is 2.42. The molecule has 0 aliphatic carbocycles. The maximum atomic E-state index is 12.6. The second-order valence-electron chi connectivity index (χ2n) is 3.65. The molecule has 0 spiro atoms. The van der Waals surface area contributed by atoms with Crippen LogP contribution in [0, 0.1) is 0 Å². The number of hydrogen-bond acceptors (Lipinski definition) is 3. The van der Waals surface area contributed by atoms with Gasteiger partial charge in [-0.1, -0.05) is 0 Å². The van der Waals surface area contributed by atoms with Gasteiger partial charge in [0.25, 0.3) is 0 Å². The van der Waals surface area contributed by atoms with Crippen molar-refractivity contribution in [3.8, 4) is 0 Å². The van der Waals surface area contributed by atoms with E-state index in [0.29, 0.717) is 4.68 Å². The van der Waals surface area contributed by atoms with E-state index in [1.807, 2.05) is 0 Å². The van der Waals surface area contributed by atoms with Crippen LogP contribution in [0.4, 0.5) is 30.7 Å². The third-order valence-corrected chi connectivity index (χ3v) is 2.09. The lowest BCUT2D eigenvalue weighted by Crippen LogP contribution is -2.36. The zero-order chi connectivity index (χ0) is 14.5. The lowest BCUT2D eigenvalue weighted by molar-refractivity contribution is -0.344. The van der Waals surface area contributed by atoms with E-state index in [4.69, 9.17) is 0 Å². The molecule has 1 fully saturated rings. The van der Waals surface area contributed by atoms with E-state index in [1.54, 1.807) is 0 Å². The van der Waals surface area contributed by atoms with Crippen LogP contribution in [-0.2, 0) is 15.9 Å². The second-order valence-corrected chi connectivity index (χ2v) is 3.65. The van der Waals surface area contributed by atoms with Crippen molar-refractivity contribution in [2.45, 2.75) is 24.9 Å². The summed E-state index contributed by atoms with van der Waals surface area (Å²) < 4.78 is 94.1. The first-order chi connectivity index (χ1) is 8.50. The van der Waals surface area contributed by atoms with Gasteiger partial charge in [0.15, 0.2) is 0 Å². The minimum absolute atomic E-state index is 0.344. The van der Waals surface area contributed by atoms with Crippen molar-refractivity contribution < 1.29 is 40.0 Å². The zero-order valence-corrected chi connectivity index (χ0v) is 8.80. The first kappa shape index (κ1) is 14.1. The molecule has 1 aromatic rings. The molecule has 1 aliphatic heterocycles. The summed E-state index contributed by atoms with van der Waals surface area (Å²) in [5.41, 5.74) is -0.610. The summed E-state index contributed by atoms with van der Waals surface area (Å²) in [6, 6.07) is 0.813. The molecule has 0 aromatic carbocycles. The quantitative estimate of drug-likeness (QED) is 0.610. The van der Waals surface area contributed by atoms with Gasteiger partial charge < -0.3 is 9.31 Å². The zero-order valence-electron chi connectivity index (χ0n) is 8.80. The molecule has 0 radical (unpaired) electrons. The Balaban J connectivity index is 2.13. The summed E-state index contributed by atoms with van der Waals surface area (Å²) in [6.45, 7) is -1.49. The first-order valence-electron chi connectivity index (χ1n) is 4.71. The van der Waals surface area contributed by atoms with Crippen molar-refractivity contribution in [2.75, 3.05) is 0 Å². The van der Waals surface area contributed by atoms with Crippen molar-refractivity contribution >= 4 is 12.7 Å². The normalized spacial score (nSPS) is 21.9. The van der Waals surface area contributed by atoms with Gasteiger partial charge in [-0.25, -0.2) is 0 Å². The highest BCUT2D eigenvalue weighted by Gasteiger charge is 2.69. The first-order valence-corrected chi connectivity index (χ1v) is 4.71. The number of aromatic nitrogens is 2. The van der Waals surface area contributed by atoms with E-state index >= 15 is 0 Å². The summed E-state index contributed by atoms with van der Waals surface area (Å²) >= 11 is 0. The van der Waals surface area contributed by atoms with Crippen LogP contribution in [0.3, 0.4) is 0 Å². The topological polar surface area (TPSA) is 36.3 Å². The molecule has 0 amide bonds. The van der Waals surface area contributed by atoms with Crippen LogP contribution in [-0.4, -0.2) is 35.3 Å². The molecule has 0 unspecified atom stereocenters. The Morgan fingerprint density at radius 1 is 1.16 bits per heavy atom. The van der Waals surface area contributed by atoms with Crippen LogP contribution in [0.2, 0.25) is 0 Å². The number of alkyl halides is 7. The Morgan fingerprint density at radius 2 is 1.68 bits per heavy atom. The average molecular weight is 292 g/mol. The smallest absolute Gasteiger partial charge is 0.341 e. The average Bonchev–Trinajstić information content (AvgIpc) is 2.68. The summed E-state index contributed by atoms with van der Waals surface area (Å²) in [7, 11) is -2.24. The van der Waals surface area contributed by atoms with Gasteiger partial charge in [-0.15, -0.1) is 0 Å². The standard InChI is InChI=1S/C7H4BF7N2O2/c9-5(10,11)3-17-2-1-4(16-17)8-18-6(12,13)7(14,15)19-8/h1-2H,3H2. The predicted molar refractivity (Wildman–Crippen MR) is 45.7 cm³/mol. The Hall–Kier alpha value is -1.30. The van der Waals surface area contributed by atoms with Crippen LogP contribution >= 0.6 is 0 Å². The van der Waals surface area contributed by atoms with Crippen LogP contribution in [0.5, 0.6) is 0 Å². The van der Waals surface area contributed by atoms with Crippen molar-refractivity contribution in [3.63, 3.8) is 0 Å².